The van der Waals surface area contributed by atoms with Gasteiger partial charge in [0.25, 0.3) is 0 Å². The molecule has 0 fully saturated rings. The molecule has 2 atom stereocenters. The highest BCUT2D eigenvalue weighted by molar-refractivity contribution is 7.87. The topological polar surface area (TPSA) is 97.5 Å². The predicted molar refractivity (Wildman–Crippen MR) is 39.3 cm³/mol. The number of amides is 1. The van der Waals surface area contributed by atoms with Gasteiger partial charge in [-0.2, -0.15) is 0 Å². The Kier molecular flexibility index (Phi) is 3.73. The maximum atomic E-state index is 10.8. The van der Waals surface area contributed by atoms with Crippen LogP contribution in [0.1, 0.15) is 6.92 Å². The number of aliphatic carboxylic acids is 1. The van der Waals surface area contributed by atoms with Gasteiger partial charge in [0.2, 0.25) is 5.91 Å². The van der Waals surface area contributed by atoms with Crippen LogP contribution < -0.4 is 5.73 Å². The minimum atomic E-state index is -1.70. The van der Waals surface area contributed by atoms with Gasteiger partial charge in [0.15, 0.2) is 0 Å². The number of carbonyl (C=O) groups is 2. The fourth-order valence-corrected chi connectivity index (χ4v) is 1.13. The van der Waals surface area contributed by atoms with Gasteiger partial charge >= 0.3 is 5.97 Å². The van der Waals surface area contributed by atoms with E-state index in [1.54, 1.807) is 0 Å². The molecule has 2 unspecified atom stereocenters. The highest BCUT2D eigenvalue weighted by atomic mass is 32.2. The molecule has 64 valence electrons. The van der Waals surface area contributed by atoms with Crippen LogP contribution in [0.3, 0.4) is 0 Å². The zero-order valence-corrected chi connectivity index (χ0v) is 6.76. The van der Waals surface area contributed by atoms with Gasteiger partial charge in [-0.05, 0) is 6.92 Å². The molecule has 0 aromatic carbocycles. The Morgan fingerprint density at radius 2 is 2.09 bits per heavy atom. The Morgan fingerprint density at radius 1 is 1.64 bits per heavy atom. The lowest BCUT2D eigenvalue weighted by Gasteiger charge is -2.02. The Balaban J connectivity index is 4.04. The summed E-state index contributed by atoms with van der Waals surface area (Å²) in [5, 5.41) is 7.28. The molecule has 0 saturated carbocycles. The third-order valence-electron chi connectivity index (χ3n) is 1.03. The monoisotopic (exact) mass is 179 g/mol. The van der Waals surface area contributed by atoms with Gasteiger partial charge in [-0.1, -0.05) is 0 Å². The number of primary amides is 1. The van der Waals surface area contributed by atoms with Crippen LogP contribution in [0.5, 0.6) is 0 Å². The van der Waals surface area contributed by atoms with E-state index in [0.29, 0.717) is 0 Å². The molecule has 0 aliphatic carbocycles. The summed E-state index contributed by atoms with van der Waals surface area (Å²) in [6.07, 6.45) is 0. The molecular formula is C5H9NO4S. The summed E-state index contributed by atoms with van der Waals surface area (Å²) in [4.78, 5) is 20.4. The van der Waals surface area contributed by atoms with Crippen LogP contribution in [0.2, 0.25) is 0 Å². The van der Waals surface area contributed by atoms with Gasteiger partial charge in [-0.3, -0.25) is 13.8 Å². The molecule has 11 heavy (non-hydrogen) atoms. The summed E-state index contributed by atoms with van der Waals surface area (Å²) >= 11 is 0. The maximum absolute atomic E-state index is 10.8. The molecule has 0 radical (unpaired) electrons. The second kappa shape index (κ2) is 4.07. The minimum absolute atomic E-state index is 0.395. The molecule has 0 aliphatic rings. The smallest absolute Gasteiger partial charge is 0.318 e. The van der Waals surface area contributed by atoms with Gasteiger partial charge in [-0.25, -0.2) is 0 Å². The van der Waals surface area contributed by atoms with Crippen LogP contribution in [-0.4, -0.2) is 32.2 Å². The van der Waals surface area contributed by atoms with Crippen molar-refractivity contribution in [2.75, 3.05) is 5.75 Å². The van der Waals surface area contributed by atoms with Crippen LogP contribution >= 0.6 is 0 Å². The van der Waals surface area contributed by atoms with Crippen LogP contribution in [0.25, 0.3) is 0 Å². The van der Waals surface area contributed by atoms with Crippen LogP contribution in [0.4, 0.5) is 0 Å². The van der Waals surface area contributed by atoms with Crippen molar-refractivity contribution in [3.05, 3.63) is 0 Å². The third kappa shape index (κ3) is 3.72. The summed E-state index contributed by atoms with van der Waals surface area (Å²) in [7, 11) is -1.70. The standard InChI is InChI=1S/C5H9NO4S/c1-3(5(8)9)11(10)2-4(6)7/h3H,2H2,1H3,(H2,6,7)(H,8,9). The lowest BCUT2D eigenvalue weighted by Crippen LogP contribution is -2.29. The zero-order chi connectivity index (χ0) is 9.02. The minimum Gasteiger partial charge on any atom is -0.480 e. The number of carboxylic acid groups (broad SMARTS) is 1. The SMILES string of the molecule is CC(C(=O)O)S(=O)CC(N)=O. The Morgan fingerprint density at radius 3 is 2.36 bits per heavy atom. The summed E-state index contributed by atoms with van der Waals surface area (Å²) in [5.41, 5.74) is 4.71. The van der Waals surface area contributed by atoms with Gasteiger partial charge in [0.1, 0.15) is 11.0 Å². The van der Waals surface area contributed by atoms with E-state index in [9.17, 15) is 13.8 Å². The molecule has 0 aromatic rings. The first kappa shape index (κ1) is 10.1. The van der Waals surface area contributed by atoms with Gasteiger partial charge in [0.05, 0.1) is 0 Å². The normalized spacial score (nSPS) is 15.4. The van der Waals surface area contributed by atoms with E-state index < -0.39 is 33.7 Å². The number of carbonyl (C=O) groups excluding carboxylic acids is 1. The Bertz CT molecular complexity index is 203. The Labute approximate surface area is 66.0 Å². The molecule has 3 N–H and O–H groups in total. The number of rotatable bonds is 4. The molecular weight excluding hydrogens is 170 g/mol. The van der Waals surface area contributed by atoms with E-state index >= 15 is 0 Å². The van der Waals surface area contributed by atoms with E-state index in [1.165, 1.54) is 6.92 Å². The van der Waals surface area contributed by atoms with Crippen molar-refractivity contribution in [3.8, 4) is 0 Å². The lowest BCUT2D eigenvalue weighted by molar-refractivity contribution is -0.136. The van der Waals surface area contributed by atoms with E-state index in [-0.39, 0.29) is 0 Å². The molecule has 0 spiro atoms. The Hall–Kier alpha value is -0.910. The predicted octanol–water partition coefficient (Wildman–Crippen LogP) is -1.31. The van der Waals surface area contributed by atoms with Crippen molar-refractivity contribution in [2.45, 2.75) is 12.2 Å². The molecule has 0 heterocycles. The molecule has 0 aliphatic heterocycles. The number of carboxylic acids is 1. The molecule has 0 aromatic heterocycles. The van der Waals surface area contributed by atoms with Crippen LogP contribution in [0.15, 0.2) is 0 Å². The second-order valence-electron chi connectivity index (χ2n) is 1.97. The van der Waals surface area contributed by atoms with E-state index in [4.69, 9.17) is 10.8 Å². The summed E-state index contributed by atoms with van der Waals surface area (Å²) in [5.74, 6) is -2.34. The summed E-state index contributed by atoms with van der Waals surface area (Å²) < 4.78 is 10.8. The van der Waals surface area contributed by atoms with Gasteiger partial charge in [-0.15, -0.1) is 0 Å². The molecule has 0 saturated heterocycles. The van der Waals surface area contributed by atoms with Crippen molar-refractivity contribution in [3.63, 3.8) is 0 Å². The van der Waals surface area contributed by atoms with Crippen LogP contribution in [0, 0.1) is 0 Å². The third-order valence-corrected chi connectivity index (χ3v) is 2.59. The molecule has 0 rings (SSSR count). The first-order valence-electron chi connectivity index (χ1n) is 2.83. The largest absolute Gasteiger partial charge is 0.480 e. The molecule has 1 amide bonds. The maximum Gasteiger partial charge on any atom is 0.318 e. The van der Waals surface area contributed by atoms with Crippen LogP contribution in [-0.2, 0) is 20.4 Å². The summed E-state index contributed by atoms with van der Waals surface area (Å²) in [6, 6.07) is 0. The second-order valence-corrected chi connectivity index (χ2v) is 3.73. The average Bonchev–Trinajstić information content (AvgIpc) is 1.84. The highest BCUT2D eigenvalue weighted by Gasteiger charge is 2.19. The first-order chi connectivity index (χ1) is 4.95. The number of hydrogen-bond acceptors (Lipinski definition) is 3. The zero-order valence-electron chi connectivity index (χ0n) is 5.94. The van der Waals surface area contributed by atoms with Crippen molar-refractivity contribution >= 4 is 22.7 Å². The first-order valence-corrected chi connectivity index (χ1v) is 4.21. The lowest BCUT2D eigenvalue weighted by atomic mass is 10.5. The fourth-order valence-electron chi connectivity index (χ4n) is 0.378. The quantitative estimate of drug-likeness (QED) is 0.560. The van der Waals surface area contributed by atoms with E-state index in [2.05, 4.69) is 0 Å². The van der Waals surface area contributed by atoms with Crippen molar-refractivity contribution < 1.29 is 18.9 Å². The van der Waals surface area contributed by atoms with Gasteiger partial charge in [0, 0.05) is 10.8 Å². The molecule has 5 nitrogen and oxygen atoms in total. The summed E-state index contributed by atoms with van der Waals surface area (Å²) in [6.45, 7) is 1.27. The van der Waals surface area contributed by atoms with E-state index in [0.717, 1.165) is 0 Å². The number of nitrogens with two attached hydrogens (primary N) is 1. The van der Waals surface area contributed by atoms with E-state index in [1.807, 2.05) is 0 Å². The van der Waals surface area contributed by atoms with Crippen molar-refractivity contribution in [1.29, 1.82) is 0 Å². The van der Waals surface area contributed by atoms with Crippen molar-refractivity contribution in [1.82, 2.24) is 0 Å². The highest BCUT2D eigenvalue weighted by Crippen LogP contribution is 1.94. The molecule has 6 heteroatoms. The average molecular weight is 179 g/mol. The van der Waals surface area contributed by atoms with Crippen molar-refractivity contribution in [2.24, 2.45) is 5.73 Å². The number of hydrogen-bond donors (Lipinski definition) is 2. The fraction of sp³-hybridized carbons (Fsp3) is 0.600. The molecule has 0 bridgehead atoms. The van der Waals surface area contributed by atoms with Gasteiger partial charge < -0.3 is 10.8 Å².